The molecule has 3 fully saturated rings. The predicted octanol–water partition coefficient (Wildman–Crippen LogP) is 1.39. The number of aliphatic hydroxyl groups excluding tert-OH is 1. The second kappa shape index (κ2) is 18.3. The number of rotatable bonds is 17. The number of nitrogens with one attached hydrogen (secondary N) is 4. The SMILES string of the molecule is CCC1CC1C(NC(=O)[C@@H]1[C@H]2CCC(=O)[C@H]2CN1C(=O)C(NC(=O)C(NC(=O)c1cnccn1)C(C)C)C(C)C)C(=O)C(=O)N[C@@H](Cc1ccccc1)C(C)O. The quantitative estimate of drug-likeness (QED) is 0.146. The molecule has 5 rings (SSSR count). The Kier molecular flexibility index (Phi) is 13.7. The molecule has 2 heterocycles. The van der Waals surface area contributed by atoms with Crippen LogP contribution in [0, 0.1) is 35.5 Å². The van der Waals surface area contributed by atoms with Gasteiger partial charge in [0.2, 0.25) is 23.5 Å². The van der Waals surface area contributed by atoms with Crippen LogP contribution < -0.4 is 21.3 Å². The monoisotopic (exact) mass is 773 g/mol. The van der Waals surface area contributed by atoms with Gasteiger partial charge in [0.1, 0.15) is 35.6 Å². The molecule has 0 radical (unpaired) electrons. The van der Waals surface area contributed by atoms with Crippen LogP contribution in [0.15, 0.2) is 48.9 Å². The maximum atomic E-state index is 14.5. The summed E-state index contributed by atoms with van der Waals surface area (Å²) < 4.78 is 0. The number of fused-ring (bicyclic) bond motifs is 1. The number of nitrogens with zero attached hydrogens (tertiary/aromatic N) is 3. The van der Waals surface area contributed by atoms with E-state index in [0.717, 1.165) is 12.0 Å². The van der Waals surface area contributed by atoms with Crippen LogP contribution >= 0.6 is 0 Å². The molecule has 56 heavy (non-hydrogen) atoms. The summed E-state index contributed by atoms with van der Waals surface area (Å²) in [6, 6.07) is 4.00. The zero-order chi connectivity index (χ0) is 40.8. The lowest BCUT2D eigenvalue weighted by atomic mass is 9.92. The summed E-state index contributed by atoms with van der Waals surface area (Å²) in [6.45, 7) is 10.4. The summed E-state index contributed by atoms with van der Waals surface area (Å²) in [5.41, 5.74) is 0.878. The second-order valence-electron chi connectivity index (χ2n) is 16.2. The van der Waals surface area contributed by atoms with Crippen molar-refractivity contribution in [1.29, 1.82) is 0 Å². The van der Waals surface area contributed by atoms with E-state index in [1.54, 1.807) is 27.7 Å². The number of aliphatic hydroxyl groups is 1. The Bertz CT molecular complexity index is 1770. The van der Waals surface area contributed by atoms with Gasteiger partial charge in [0.05, 0.1) is 18.3 Å². The van der Waals surface area contributed by atoms with Crippen molar-refractivity contribution >= 4 is 41.1 Å². The van der Waals surface area contributed by atoms with Gasteiger partial charge in [-0.25, -0.2) is 4.98 Å². The van der Waals surface area contributed by atoms with E-state index in [4.69, 9.17) is 0 Å². The molecule has 5 N–H and O–H groups in total. The largest absolute Gasteiger partial charge is 0.391 e. The lowest BCUT2D eigenvalue weighted by Crippen LogP contribution is -2.61. The number of aromatic nitrogens is 2. The summed E-state index contributed by atoms with van der Waals surface area (Å²) in [5, 5.41) is 21.5. The lowest BCUT2D eigenvalue weighted by molar-refractivity contribution is -0.145. The van der Waals surface area contributed by atoms with E-state index in [0.29, 0.717) is 12.8 Å². The highest BCUT2D eigenvalue weighted by Crippen LogP contribution is 2.45. The molecule has 0 spiro atoms. The first-order chi connectivity index (χ1) is 26.6. The van der Waals surface area contributed by atoms with E-state index in [1.165, 1.54) is 30.4 Å². The van der Waals surface area contributed by atoms with Gasteiger partial charge >= 0.3 is 0 Å². The van der Waals surface area contributed by atoms with E-state index >= 15 is 0 Å². The number of ketones is 2. The summed E-state index contributed by atoms with van der Waals surface area (Å²) in [4.78, 5) is 105. The third-order valence-corrected chi connectivity index (χ3v) is 11.5. The fourth-order valence-electron chi connectivity index (χ4n) is 8.12. The third kappa shape index (κ3) is 9.66. The van der Waals surface area contributed by atoms with Gasteiger partial charge < -0.3 is 31.3 Å². The fraction of sp³-hybridized carbons (Fsp3) is 0.585. The molecule has 10 atom stereocenters. The normalized spacial score (nSPS) is 24.1. The van der Waals surface area contributed by atoms with Crippen LogP contribution in [0.5, 0.6) is 0 Å². The number of carbonyl (C=O) groups excluding carboxylic acids is 7. The maximum absolute atomic E-state index is 14.5. The molecule has 2 aliphatic carbocycles. The molecule has 1 aromatic carbocycles. The summed E-state index contributed by atoms with van der Waals surface area (Å²) in [7, 11) is 0. The van der Waals surface area contributed by atoms with Gasteiger partial charge in [-0.3, -0.25) is 38.5 Å². The Morgan fingerprint density at radius 2 is 1.61 bits per heavy atom. The third-order valence-electron chi connectivity index (χ3n) is 11.5. The molecular formula is C41H55N7O8. The van der Waals surface area contributed by atoms with E-state index < -0.39 is 89.4 Å². The number of benzene rings is 1. The van der Waals surface area contributed by atoms with Gasteiger partial charge in [0, 0.05) is 37.2 Å². The standard InChI is InChI=1S/C41H55N7O8/c1-7-25-18-27(25)34(36(51)40(55)44-29(23(6)49)17-24-11-9-8-10-12-24)47-39(54)35-26-13-14-31(50)28(26)20-48(35)41(56)33(22(4)5)46-38(53)32(21(2)3)45-37(52)30-19-42-15-16-43-30/h8-12,15-16,19,21-23,25-29,32-35,49H,7,13-14,17-18,20H2,1-6H3,(H,44,55)(H,45,52)(H,46,53)(H,47,54)/t23?,25?,26-,27?,28-,29-,32?,33?,34?,35-/m0/s1. The van der Waals surface area contributed by atoms with Crippen LogP contribution in [-0.4, -0.2) is 104 Å². The Labute approximate surface area is 327 Å². The van der Waals surface area contributed by atoms with Crippen LogP contribution in [0.1, 0.15) is 83.3 Å². The Morgan fingerprint density at radius 3 is 2.20 bits per heavy atom. The first-order valence-electron chi connectivity index (χ1n) is 19.7. The van der Waals surface area contributed by atoms with Crippen molar-refractivity contribution in [2.75, 3.05) is 6.54 Å². The molecule has 2 aromatic rings. The second-order valence-corrected chi connectivity index (χ2v) is 16.2. The molecule has 1 aromatic heterocycles. The molecule has 15 heteroatoms. The van der Waals surface area contributed by atoms with Gasteiger partial charge in [-0.05, 0) is 55.4 Å². The first-order valence-corrected chi connectivity index (χ1v) is 19.7. The Balaban J connectivity index is 1.35. The van der Waals surface area contributed by atoms with E-state index in [9.17, 15) is 38.7 Å². The van der Waals surface area contributed by atoms with Crippen molar-refractivity contribution in [3.8, 4) is 0 Å². The van der Waals surface area contributed by atoms with E-state index in [-0.39, 0.29) is 48.6 Å². The smallest absolute Gasteiger partial charge is 0.289 e. The zero-order valence-electron chi connectivity index (χ0n) is 32.9. The van der Waals surface area contributed by atoms with Crippen LogP contribution in [0.4, 0.5) is 0 Å². The van der Waals surface area contributed by atoms with Crippen LogP contribution in [0.25, 0.3) is 0 Å². The molecule has 302 valence electrons. The highest BCUT2D eigenvalue weighted by atomic mass is 16.3. The van der Waals surface area contributed by atoms with Crippen LogP contribution in [0.2, 0.25) is 0 Å². The van der Waals surface area contributed by atoms with Crippen molar-refractivity contribution < 1.29 is 38.7 Å². The van der Waals surface area contributed by atoms with Gasteiger partial charge in [0.25, 0.3) is 11.8 Å². The van der Waals surface area contributed by atoms with Gasteiger partial charge in [-0.15, -0.1) is 0 Å². The minimum atomic E-state index is -1.18. The number of likely N-dealkylation sites (tertiary alicyclic amines) is 1. The molecule has 2 saturated carbocycles. The number of amides is 5. The predicted molar refractivity (Wildman–Crippen MR) is 204 cm³/mol. The van der Waals surface area contributed by atoms with Crippen molar-refractivity contribution in [3.05, 3.63) is 60.2 Å². The first kappa shape index (κ1) is 42.1. The number of hydrogen-bond acceptors (Lipinski definition) is 10. The highest BCUT2D eigenvalue weighted by molar-refractivity contribution is 6.38. The zero-order valence-corrected chi connectivity index (χ0v) is 32.9. The molecule has 0 bridgehead atoms. The van der Waals surface area contributed by atoms with Crippen LogP contribution in [-0.2, 0) is 35.2 Å². The van der Waals surface area contributed by atoms with Gasteiger partial charge in [-0.1, -0.05) is 71.4 Å². The molecule has 1 saturated heterocycles. The lowest BCUT2D eigenvalue weighted by Gasteiger charge is -2.34. The maximum Gasteiger partial charge on any atom is 0.289 e. The minimum absolute atomic E-state index is 0.0187. The number of carbonyl (C=O) groups is 7. The number of hydrogen-bond donors (Lipinski definition) is 5. The van der Waals surface area contributed by atoms with Gasteiger partial charge in [0.15, 0.2) is 0 Å². The van der Waals surface area contributed by atoms with Gasteiger partial charge in [-0.2, -0.15) is 0 Å². The molecule has 3 aliphatic rings. The molecule has 1 aliphatic heterocycles. The molecule has 6 unspecified atom stereocenters. The van der Waals surface area contributed by atoms with Crippen molar-refractivity contribution in [3.63, 3.8) is 0 Å². The summed E-state index contributed by atoms with van der Waals surface area (Å²) in [5.74, 6) is -6.43. The van der Waals surface area contributed by atoms with Crippen LogP contribution in [0.3, 0.4) is 0 Å². The van der Waals surface area contributed by atoms with E-state index in [2.05, 4.69) is 31.2 Å². The minimum Gasteiger partial charge on any atom is -0.391 e. The average Bonchev–Trinajstić information content (AvgIpc) is 3.73. The number of Topliss-reactive ketones (excluding diaryl/α,β-unsaturated/α-hetero) is 2. The average molecular weight is 774 g/mol. The molecular weight excluding hydrogens is 718 g/mol. The molecule has 5 amide bonds. The summed E-state index contributed by atoms with van der Waals surface area (Å²) in [6.07, 6.45) is 5.32. The topological polar surface area (TPSA) is 217 Å². The fourth-order valence-corrected chi connectivity index (χ4v) is 8.12. The van der Waals surface area contributed by atoms with E-state index in [1.807, 2.05) is 37.3 Å². The van der Waals surface area contributed by atoms with Crippen molar-refractivity contribution in [1.82, 2.24) is 36.1 Å². The van der Waals surface area contributed by atoms with Crippen molar-refractivity contribution in [2.24, 2.45) is 35.5 Å². The Morgan fingerprint density at radius 1 is 0.911 bits per heavy atom. The Hall–Kier alpha value is -5.05. The molecule has 15 nitrogen and oxygen atoms in total. The highest BCUT2D eigenvalue weighted by Gasteiger charge is 2.56. The summed E-state index contributed by atoms with van der Waals surface area (Å²) >= 11 is 0. The van der Waals surface area contributed by atoms with Crippen molar-refractivity contribution in [2.45, 2.75) is 110 Å².